The van der Waals surface area contributed by atoms with Crippen LogP contribution in [-0.2, 0) is 4.79 Å². The lowest BCUT2D eigenvalue weighted by Gasteiger charge is -2.53. The molecule has 2 fully saturated rings. The quantitative estimate of drug-likeness (QED) is 0.870. The van der Waals surface area contributed by atoms with Gasteiger partial charge in [0.15, 0.2) is 0 Å². The van der Waals surface area contributed by atoms with Crippen LogP contribution in [0.4, 0.5) is 0 Å². The zero-order valence-electron chi connectivity index (χ0n) is 13.2. The number of rotatable bonds is 1. The largest absolute Gasteiger partial charge is 0.342 e. The molecule has 0 saturated carbocycles. The van der Waals surface area contributed by atoms with Crippen molar-refractivity contribution in [3.8, 4) is 0 Å². The van der Waals surface area contributed by atoms with E-state index in [1.807, 2.05) is 28.0 Å². The first-order chi connectivity index (χ1) is 11.1. The number of fused-ring (bicyclic) bond motifs is 1. The normalized spacial score (nSPS) is 19.9. The molecule has 2 saturated heterocycles. The molecule has 1 spiro atoms. The third-order valence-electron chi connectivity index (χ3n) is 5.32. The fourth-order valence-corrected chi connectivity index (χ4v) is 3.81. The molecule has 6 nitrogen and oxygen atoms in total. The number of H-pyrrole nitrogens is 1. The van der Waals surface area contributed by atoms with E-state index in [4.69, 9.17) is 0 Å². The Hall–Kier alpha value is -2.37. The van der Waals surface area contributed by atoms with Crippen molar-refractivity contribution < 1.29 is 9.59 Å². The van der Waals surface area contributed by atoms with Crippen molar-refractivity contribution in [2.75, 3.05) is 26.2 Å². The maximum atomic E-state index is 12.8. The van der Waals surface area contributed by atoms with E-state index in [0.717, 1.165) is 49.9 Å². The number of carbonyl (C=O) groups excluding carboxylic acids is 2. The van der Waals surface area contributed by atoms with Crippen LogP contribution in [0.2, 0.25) is 0 Å². The number of hydrogen-bond acceptors (Lipinski definition) is 3. The average molecular weight is 312 g/mol. The van der Waals surface area contributed by atoms with Crippen LogP contribution in [0.5, 0.6) is 0 Å². The Morgan fingerprint density at radius 1 is 1.17 bits per heavy atom. The summed E-state index contributed by atoms with van der Waals surface area (Å²) in [5.41, 5.74) is 1.84. The van der Waals surface area contributed by atoms with Crippen molar-refractivity contribution in [1.82, 2.24) is 20.0 Å². The van der Waals surface area contributed by atoms with Crippen molar-refractivity contribution in [1.29, 1.82) is 0 Å². The minimum absolute atomic E-state index is 0.0783. The first-order valence-corrected chi connectivity index (χ1v) is 8.05. The first-order valence-electron chi connectivity index (χ1n) is 8.05. The van der Waals surface area contributed by atoms with E-state index in [9.17, 15) is 9.59 Å². The van der Waals surface area contributed by atoms with Crippen molar-refractivity contribution in [2.24, 2.45) is 5.41 Å². The van der Waals surface area contributed by atoms with Crippen LogP contribution in [0.25, 0.3) is 10.9 Å². The highest BCUT2D eigenvalue weighted by Crippen LogP contribution is 2.40. The second kappa shape index (κ2) is 5.08. The molecule has 1 N–H and O–H groups in total. The molecule has 2 aliphatic heterocycles. The van der Waals surface area contributed by atoms with E-state index in [1.165, 1.54) is 0 Å². The summed E-state index contributed by atoms with van der Waals surface area (Å²) >= 11 is 0. The lowest BCUT2D eigenvalue weighted by Crippen LogP contribution is -2.61. The SMILES string of the molecule is CC(=O)N1CC2(CCN(C(=O)c3cccc4[nH]ncc34)CC2)C1. The van der Waals surface area contributed by atoms with Gasteiger partial charge in [0, 0.05) is 43.9 Å². The number of likely N-dealkylation sites (tertiary alicyclic amines) is 2. The Balaban J connectivity index is 1.46. The van der Waals surface area contributed by atoms with Crippen LogP contribution >= 0.6 is 0 Å². The van der Waals surface area contributed by atoms with Crippen LogP contribution in [0, 0.1) is 5.41 Å². The van der Waals surface area contributed by atoms with Gasteiger partial charge in [-0.2, -0.15) is 5.10 Å². The number of aromatic nitrogens is 2. The smallest absolute Gasteiger partial charge is 0.254 e. The fraction of sp³-hybridized carbons (Fsp3) is 0.471. The summed E-state index contributed by atoms with van der Waals surface area (Å²) < 4.78 is 0. The highest BCUT2D eigenvalue weighted by Gasteiger charge is 2.46. The fourth-order valence-electron chi connectivity index (χ4n) is 3.81. The van der Waals surface area contributed by atoms with Gasteiger partial charge in [-0.15, -0.1) is 0 Å². The predicted octanol–water partition coefficient (Wildman–Crippen LogP) is 1.65. The van der Waals surface area contributed by atoms with Gasteiger partial charge in [-0.05, 0) is 25.0 Å². The summed E-state index contributed by atoms with van der Waals surface area (Å²) in [7, 11) is 0. The van der Waals surface area contributed by atoms with Gasteiger partial charge in [-0.1, -0.05) is 6.07 Å². The number of nitrogens with zero attached hydrogens (tertiary/aromatic N) is 3. The maximum Gasteiger partial charge on any atom is 0.254 e. The minimum atomic E-state index is 0.0783. The van der Waals surface area contributed by atoms with Gasteiger partial charge in [0.25, 0.3) is 5.91 Å². The number of hydrogen-bond donors (Lipinski definition) is 1. The van der Waals surface area contributed by atoms with Gasteiger partial charge in [0.1, 0.15) is 0 Å². The van der Waals surface area contributed by atoms with E-state index in [1.54, 1.807) is 13.1 Å². The molecular formula is C17H20N4O2. The van der Waals surface area contributed by atoms with Gasteiger partial charge in [0.05, 0.1) is 17.3 Å². The Morgan fingerprint density at radius 3 is 2.61 bits per heavy atom. The third kappa shape index (κ3) is 2.29. The van der Waals surface area contributed by atoms with Crippen LogP contribution in [0.1, 0.15) is 30.1 Å². The standard InChI is InChI=1S/C17H20N4O2/c1-12(22)21-10-17(11-21)5-7-20(8-6-17)16(23)13-3-2-4-15-14(13)9-18-19-15/h2-4,9H,5-8,10-11H2,1H3,(H,18,19). The molecular weight excluding hydrogens is 292 g/mol. The van der Waals surface area contributed by atoms with Crippen molar-refractivity contribution in [3.05, 3.63) is 30.0 Å². The van der Waals surface area contributed by atoms with Crippen LogP contribution in [0.15, 0.2) is 24.4 Å². The number of nitrogens with one attached hydrogen (secondary N) is 1. The Morgan fingerprint density at radius 2 is 1.91 bits per heavy atom. The molecule has 0 aliphatic carbocycles. The van der Waals surface area contributed by atoms with Gasteiger partial charge >= 0.3 is 0 Å². The first kappa shape index (κ1) is 14.2. The lowest BCUT2D eigenvalue weighted by atomic mass is 9.72. The molecule has 4 rings (SSSR count). The molecule has 1 aromatic carbocycles. The number of carbonyl (C=O) groups is 2. The average Bonchev–Trinajstić information content (AvgIpc) is 3.00. The zero-order chi connectivity index (χ0) is 16.0. The summed E-state index contributed by atoms with van der Waals surface area (Å²) in [5, 5.41) is 7.81. The highest BCUT2D eigenvalue weighted by atomic mass is 16.2. The molecule has 0 radical (unpaired) electrons. The van der Waals surface area contributed by atoms with Gasteiger partial charge < -0.3 is 9.80 Å². The van der Waals surface area contributed by atoms with E-state index in [2.05, 4.69) is 10.2 Å². The monoisotopic (exact) mass is 312 g/mol. The molecule has 3 heterocycles. The number of benzene rings is 1. The third-order valence-corrected chi connectivity index (χ3v) is 5.32. The molecule has 0 unspecified atom stereocenters. The Labute approximate surface area is 134 Å². The van der Waals surface area contributed by atoms with Crippen LogP contribution in [0.3, 0.4) is 0 Å². The second-order valence-electron chi connectivity index (χ2n) is 6.80. The summed E-state index contributed by atoms with van der Waals surface area (Å²) in [5.74, 6) is 0.232. The Kier molecular flexibility index (Phi) is 3.14. The van der Waals surface area contributed by atoms with Crippen molar-refractivity contribution in [3.63, 3.8) is 0 Å². The van der Waals surface area contributed by atoms with E-state index >= 15 is 0 Å². The summed E-state index contributed by atoms with van der Waals surface area (Å²) in [6.45, 7) is 4.85. The predicted molar refractivity (Wildman–Crippen MR) is 85.9 cm³/mol. The molecule has 2 amide bonds. The van der Waals surface area contributed by atoms with Gasteiger partial charge in [-0.3, -0.25) is 14.7 Å². The molecule has 0 atom stereocenters. The van der Waals surface area contributed by atoms with E-state index < -0.39 is 0 Å². The van der Waals surface area contributed by atoms with Gasteiger partial charge in [-0.25, -0.2) is 0 Å². The minimum Gasteiger partial charge on any atom is -0.342 e. The number of piperidine rings is 1. The molecule has 1 aromatic heterocycles. The van der Waals surface area contributed by atoms with Crippen LogP contribution in [-0.4, -0.2) is 58.0 Å². The molecule has 0 bridgehead atoms. The Bertz CT molecular complexity index is 766. The summed E-state index contributed by atoms with van der Waals surface area (Å²) in [4.78, 5) is 28.0. The lowest BCUT2D eigenvalue weighted by molar-refractivity contribution is -0.143. The number of aromatic amines is 1. The van der Waals surface area contributed by atoms with E-state index in [0.29, 0.717) is 5.56 Å². The topological polar surface area (TPSA) is 69.3 Å². The van der Waals surface area contributed by atoms with Gasteiger partial charge in [0.2, 0.25) is 5.91 Å². The summed E-state index contributed by atoms with van der Waals surface area (Å²) in [6, 6.07) is 5.68. The molecule has 6 heteroatoms. The molecule has 2 aromatic rings. The maximum absolute atomic E-state index is 12.8. The molecule has 120 valence electrons. The molecule has 23 heavy (non-hydrogen) atoms. The zero-order valence-corrected chi connectivity index (χ0v) is 13.2. The molecule has 2 aliphatic rings. The summed E-state index contributed by atoms with van der Waals surface area (Å²) in [6.07, 6.45) is 3.67. The van der Waals surface area contributed by atoms with Crippen molar-refractivity contribution in [2.45, 2.75) is 19.8 Å². The van der Waals surface area contributed by atoms with E-state index in [-0.39, 0.29) is 17.2 Å². The van der Waals surface area contributed by atoms with Crippen molar-refractivity contribution >= 4 is 22.7 Å². The second-order valence-corrected chi connectivity index (χ2v) is 6.80. The highest BCUT2D eigenvalue weighted by molar-refractivity contribution is 6.06. The van der Waals surface area contributed by atoms with Crippen LogP contribution < -0.4 is 0 Å². The number of amides is 2.